The molecule has 0 saturated carbocycles. The highest BCUT2D eigenvalue weighted by Gasteiger charge is 2.05. The van der Waals surface area contributed by atoms with Crippen molar-refractivity contribution in [2.24, 2.45) is 0 Å². The first-order valence-corrected chi connectivity index (χ1v) is 9.17. The molecular weight excluding hydrogens is 370 g/mol. The molecule has 7 heteroatoms. The van der Waals surface area contributed by atoms with Crippen LogP contribution < -0.4 is 24.8 Å². The lowest BCUT2D eigenvalue weighted by Gasteiger charge is -2.10. The number of nitrogens with one attached hydrogen (secondary N) is 2. The molecular formula is C22H23N3O4. The van der Waals surface area contributed by atoms with Crippen molar-refractivity contribution in [3.8, 4) is 17.2 Å². The van der Waals surface area contributed by atoms with E-state index in [-0.39, 0.29) is 12.5 Å². The highest BCUT2D eigenvalue weighted by molar-refractivity contribution is 5.91. The Balaban J connectivity index is 1.36. The molecule has 0 fully saturated rings. The summed E-state index contributed by atoms with van der Waals surface area (Å²) >= 11 is 0. The van der Waals surface area contributed by atoms with E-state index in [2.05, 4.69) is 15.6 Å². The molecule has 3 rings (SSSR count). The monoisotopic (exact) mass is 393 g/mol. The lowest BCUT2D eigenvalue weighted by atomic mass is 10.3. The third-order valence-corrected chi connectivity index (χ3v) is 3.90. The summed E-state index contributed by atoms with van der Waals surface area (Å²) in [5, 5.41) is 5.91. The van der Waals surface area contributed by atoms with Crippen LogP contribution in [0, 0.1) is 0 Å². The van der Waals surface area contributed by atoms with Crippen LogP contribution >= 0.6 is 0 Å². The Kier molecular flexibility index (Phi) is 7.28. The number of carbonyl (C=O) groups is 1. The van der Waals surface area contributed by atoms with Gasteiger partial charge < -0.3 is 24.8 Å². The minimum Gasteiger partial charge on any atom is -0.497 e. The lowest BCUT2D eigenvalue weighted by molar-refractivity contribution is -0.118. The van der Waals surface area contributed by atoms with Gasteiger partial charge in [-0.2, -0.15) is 0 Å². The van der Waals surface area contributed by atoms with Gasteiger partial charge in [-0.15, -0.1) is 0 Å². The summed E-state index contributed by atoms with van der Waals surface area (Å²) in [6.07, 6.45) is 1.65. The zero-order valence-electron chi connectivity index (χ0n) is 16.1. The van der Waals surface area contributed by atoms with Crippen LogP contribution in [0.4, 0.5) is 11.5 Å². The second kappa shape index (κ2) is 10.6. The first kappa shape index (κ1) is 20.0. The van der Waals surface area contributed by atoms with Crippen LogP contribution in [0.5, 0.6) is 17.2 Å². The summed E-state index contributed by atoms with van der Waals surface area (Å²) in [4.78, 5) is 16.2. The summed E-state index contributed by atoms with van der Waals surface area (Å²) in [6.45, 7) is 1.04. The second-order valence-electron chi connectivity index (χ2n) is 6.03. The standard InChI is InChI=1S/C22H23N3O4/c1-27-18-8-10-20(11-9-18)28-14-13-23-17-7-12-21(24-15-17)25-22(26)16-29-19-5-3-2-4-6-19/h2-12,15,23H,13-14,16H2,1H3,(H,24,25,26). The van der Waals surface area contributed by atoms with Gasteiger partial charge in [0, 0.05) is 6.54 Å². The average Bonchev–Trinajstić information content (AvgIpc) is 2.77. The number of para-hydroxylation sites is 1. The number of hydrogen-bond donors (Lipinski definition) is 2. The van der Waals surface area contributed by atoms with Gasteiger partial charge in [-0.25, -0.2) is 4.98 Å². The quantitative estimate of drug-likeness (QED) is 0.512. The highest BCUT2D eigenvalue weighted by Crippen LogP contribution is 2.17. The summed E-state index contributed by atoms with van der Waals surface area (Å²) in [5.74, 6) is 2.41. The van der Waals surface area contributed by atoms with Crippen LogP contribution in [0.25, 0.3) is 0 Å². The van der Waals surface area contributed by atoms with Crippen molar-refractivity contribution in [1.82, 2.24) is 4.98 Å². The van der Waals surface area contributed by atoms with Gasteiger partial charge in [0.25, 0.3) is 5.91 Å². The molecule has 0 bridgehead atoms. The SMILES string of the molecule is COc1ccc(OCCNc2ccc(NC(=O)COc3ccccc3)nc2)cc1. The molecule has 0 spiro atoms. The molecule has 1 amide bonds. The van der Waals surface area contributed by atoms with Crippen LogP contribution in [0.2, 0.25) is 0 Å². The molecule has 0 radical (unpaired) electrons. The fraction of sp³-hybridized carbons (Fsp3) is 0.182. The number of rotatable bonds is 10. The Morgan fingerprint density at radius 2 is 1.62 bits per heavy atom. The van der Waals surface area contributed by atoms with E-state index in [1.165, 1.54) is 0 Å². The van der Waals surface area contributed by atoms with Crippen molar-refractivity contribution in [2.75, 3.05) is 37.5 Å². The Morgan fingerprint density at radius 3 is 2.31 bits per heavy atom. The van der Waals surface area contributed by atoms with E-state index in [0.717, 1.165) is 17.2 Å². The minimum absolute atomic E-state index is 0.0750. The van der Waals surface area contributed by atoms with Gasteiger partial charge in [0.15, 0.2) is 6.61 Å². The molecule has 0 aliphatic rings. The van der Waals surface area contributed by atoms with Gasteiger partial charge in [0.2, 0.25) is 0 Å². The summed E-state index contributed by atoms with van der Waals surface area (Å²) < 4.78 is 16.2. The molecule has 0 unspecified atom stereocenters. The summed E-state index contributed by atoms with van der Waals surface area (Å²) in [7, 11) is 1.63. The maximum Gasteiger partial charge on any atom is 0.263 e. The predicted molar refractivity (Wildman–Crippen MR) is 112 cm³/mol. The number of nitrogens with zero attached hydrogens (tertiary/aromatic N) is 1. The smallest absolute Gasteiger partial charge is 0.263 e. The van der Waals surface area contributed by atoms with Crippen molar-refractivity contribution in [3.63, 3.8) is 0 Å². The van der Waals surface area contributed by atoms with Crippen LogP contribution in [0.15, 0.2) is 72.9 Å². The molecule has 3 aromatic rings. The number of anilines is 2. The Bertz CT molecular complexity index is 884. The van der Waals surface area contributed by atoms with Gasteiger partial charge in [-0.1, -0.05) is 18.2 Å². The molecule has 1 aromatic heterocycles. The third kappa shape index (κ3) is 6.73. The van der Waals surface area contributed by atoms with Crippen molar-refractivity contribution in [3.05, 3.63) is 72.9 Å². The lowest BCUT2D eigenvalue weighted by Crippen LogP contribution is -2.20. The van der Waals surface area contributed by atoms with Crippen molar-refractivity contribution in [1.29, 1.82) is 0 Å². The van der Waals surface area contributed by atoms with E-state index in [1.54, 1.807) is 31.5 Å². The van der Waals surface area contributed by atoms with E-state index in [9.17, 15) is 4.79 Å². The molecule has 7 nitrogen and oxygen atoms in total. The maximum atomic E-state index is 11.9. The molecule has 0 aliphatic heterocycles. The molecule has 1 heterocycles. The van der Waals surface area contributed by atoms with Gasteiger partial charge in [-0.3, -0.25) is 4.79 Å². The number of ether oxygens (including phenoxy) is 3. The number of methoxy groups -OCH3 is 1. The van der Waals surface area contributed by atoms with Gasteiger partial charge >= 0.3 is 0 Å². The molecule has 150 valence electrons. The normalized spacial score (nSPS) is 10.1. The first-order valence-electron chi connectivity index (χ1n) is 9.17. The van der Waals surface area contributed by atoms with Crippen molar-refractivity contribution >= 4 is 17.4 Å². The number of aromatic nitrogens is 1. The van der Waals surface area contributed by atoms with Gasteiger partial charge in [-0.05, 0) is 48.5 Å². The second-order valence-corrected chi connectivity index (χ2v) is 6.03. The molecule has 29 heavy (non-hydrogen) atoms. The number of pyridine rings is 1. The first-order chi connectivity index (χ1) is 14.2. The summed E-state index contributed by atoms with van der Waals surface area (Å²) in [5.41, 5.74) is 0.835. The minimum atomic E-state index is -0.269. The van der Waals surface area contributed by atoms with Crippen molar-refractivity contribution in [2.45, 2.75) is 0 Å². The molecule has 2 aromatic carbocycles. The van der Waals surface area contributed by atoms with Crippen LogP contribution in [0.1, 0.15) is 0 Å². The molecule has 2 N–H and O–H groups in total. The molecule has 0 atom stereocenters. The van der Waals surface area contributed by atoms with Crippen LogP contribution in [0.3, 0.4) is 0 Å². The van der Waals surface area contributed by atoms with E-state index in [0.29, 0.717) is 24.7 Å². The fourth-order valence-corrected chi connectivity index (χ4v) is 2.45. The topological polar surface area (TPSA) is 81.7 Å². The molecule has 0 saturated heterocycles. The van der Waals surface area contributed by atoms with E-state index < -0.39 is 0 Å². The molecule has 0 aliphatic carbocycles. The Morgan fingerprint density at radius 1 is 0.897 bits per heavy atom. The number of amides is 1. The van der Waals surface area contributed by atoms with Crippen LogP contribution in [-0.2, 0) is 4.79 Å². The largest absolute Gasteiger partial charge is 0.497 e. The highest BCUT2D eigenvalue weighted by atomic mass is 16.5. The zero-order chi connectivity index (χ0) is 20.3. The Hall–Kier alpha value is -3.74. The third-order valence-electron chi connectivity index (χ3n) is 3.90. The average molecular weight is 393 g/mol. The van der Waals surface area contributed by atoms with Crippen LogP contribution in [-0.4, -0.2) is 37.8 Å². The maximum absolute atomic E-state index is 11.9. The summed E-state index contributed by atoms with van der Waals surface area (Å²) in [6, 6.07) is 20.2. The van der Waals surface area contributed by atoms with E-state index in [1.807, 2.05) is 48.5 Å². The fourth-order valence-electron chi connectivity index (χ4n) is 2.45. The number of benzene rings is 2. The predicted octanol–water partition coefficient (Wildman–Crippen LogP) is 3.60. The van der Waals surface area contributed by atoms with Crippen molar-refractivity contribution < 1.29 is 19.0 Å². The number of carbonyl (C=O) groups excluding carboxylic acids is 1. The van der Waals surface area contributed by atoms with Gasteiger partial charge in [0.05, 0.1) is 19.0 Å². The number of hydrogen-bond acceptors (Lipinski definition) is 6. The van der Waals surface area contributed by atoms with E-state index >= 15 is 0 Å². The van der Waals surface area contributed by atoms with E-state index in [4.69, 9.17) is 14.2 Å². The van der Waals surface area contributed by atoms with Gasteiger partial charge in [0.1, 0.15) is 29.7 Å². The Labute approximate surface area is 169 Å². The zero-order valence-corrected chi connectivity index (χ0v) is 16.1.